The number of nitrogens with zero attached hydrogens (tertiary/aromatic N) is 2. The molecule has 1 aliphatic heterocycles. The topological polar surface area (TPSA) is 107 Å². The molecular formula is C26H31N3O7S. The number of thioether (sulfide) groups is 1. The Morgan fingerprint density at radius 1 is 0.865 bits per heavy atom. The van der Waals surface area contributed by atoms with E-state index in [4.69, 9.17) is 18.9 Å². The van der Waals surface area contributed by atoms with Crippen LogP contribution in [0.3, 0.4) is 0 Å². The van der Waals surface area contributed by atoms with Gasteiger partial charge in [0.2, 0.25) is 5.91 Å². The molecule has 1 saturated heterocycles. The van der Waals surface area contributed by atoms with Gasteiger partial charge in [-0.1, -0.05) is 0 Å². The molecule has 37 heavy (non-hydrogen) atoms. The smallest absolute Gasteiger partial charge is 0.265 e. The summed E-state index contributed by atoms with van der Waals surface area (Å²) >= 11 is 1.17. The van der Waals surface area contributed by atoms with Gasteiger partial charge in [0.1, 0.15) is 23.0 Å². The van der Waals surface area contributed by atoms with Gasteiger partial charge in [0, 0.05) is 30.8 Å². The van der Waals surface area contributed by atoms with Crippen molar-refractivity contribution < 1.29 is 33.3 Å². The molecule has 2 aromatic rings. The molecule has 0 saturated carbocycles. The Labute approximate surface area is 220 Å². The quantitative estimate of drug-likeness (QED) is 0.443. The van der Waals surface area contributed by atoms with Gasteiger partial charge in [-0.05, 0) is 42.8 Å². The molecule has 3 rings (SSSR count). The fourth-order valence-electron chi connectivity index (χ4n) is 3.72. The van der Waals surface area contributed by atoms with Crippen molar-refractivity contribution in [3.05, 3.63) is 48.0 Å². The third-order valence-corrected chi connectivity index (χ3v) is 6.47. The number of rotatable bonds is 11. The highest BCUT2D eigenvalue weighted by atomic mass is 32.2. The first kappa shape index (κ1) is 27.7. The molecule has 0 radical (unpaired) electrons. The Balaban J connectivity index is 1.54. The van der Waals surface area contributed by atoms with E-state index in [2.05, 4.69) is 5.32 Å². The molecule has 1 N–H and O–H groups in total. The van der Waals surface area contributed by atoms with Crippen LogP contribution in [0.15, 0.2) is 42.5 Å². The van der Waals surface area contributed by atoms with E-state index in [1.807, 2.05) is 0 Å². The summed E-state index contributed by atoms with van der Waals surface area (Å²) in [4.78, 5) is 38.1. The number of amides is 3. The minimum atomic E-state index is -0.316. The first-order valence-corrected chi connectivity index (χ1v) is 12.7. The second-order valence-corrected chi connectivity index (χ2v) is 8.87. The molecule has 198 valence electrons. The molecular weight excluding hydrogens is 498 g/mol. The number of methoxy groups -OCH3 is 4. The fraction of sp³-hybridized carbons (Fsp3) is 0.346. The van der Waals surface area contributed by atoms with E-state index in [-0.39, 0.29) is 29.2 Å². The van der Waals surface area contributed by atoms with Gasteiger partial charge >= 0.3 is 0 Å². The molecule has 0 atom stereocenters. The van der Waals surface area contributed by atoms with Gasteiger partial charge in [0.25, 0.3) is 11.8 Å². The fourth-order valence-corrected chi connectivity index (χ4v) is 4.40. The number of hydrogen-bond acceptors (Lipinski definition) is 8. The largest absolute Gasteiger partial charge is 0.497 e. The molecule has 0 bridgehead atoms. The van der Waals surface area contributed by atoms with Crippen molar-refractivity contribution in [2.24, 2.45) is 0 Å². The zero-order chi connectivity index (χ0) is 26.8. The number of nitrogens with one attached hydrogen (secondary N) is 1. The number of hydrazine groups is 1. The zero-order valence-electron chi connectivity index (χ0n) is 21.3. The predicted molar refractivity (Wildman–Crippen MR) is 142 cm³/mol. The van der Waals surface area contributed by atoms with Crippen molar-refractivity contribution in [2.75, 3.05) is 58.4 Å². The van der Waals surface area contributed by atoms with Gasteiger partial charge in [-0.2, -0.15) is 0 Å². The van der Waals surface area contributed by atoms with Crippen molar-refractivity contribution >= 4 is 41.2 Å². The summed E-state index contributed by atoms with van der Waals surface area (Å²) in [5, 5.41) is 5.63. The van der Waals surface area contributed by atoms with Crippen molar-refractivity contribution in [1.29, 1.82) is 0 Å². The monoisotopic (exact) mass is 529 g/mol. The van der Waals surface area contributed by atoms with Crippen LogP contribution in [0.1, 0.15) is 12.0 Å². The second kappa shape index (κ2) is 13.4. The lowest BCUT2D eigenvalue weighted by Gasteiger charge is -2.26. The number of ether oxygens (including phenoxy) is 4. The lowest BCUT2D eigenvalue weighted by atomic mass is 10.1. The molecule has 1 aliphatic rings. The Morgan fingerprint density at radius 3 is 2.19 bits per heavy atom. The summed E-state index contributed by atoms with van der Waals surface area (Å²) in [5.74, 6) is 1.59. The van der Waals surface area contributed by atoms with E-state index in [0.29, 0.717) is 53.8 Å². The lowest BCUT2D eigenvalue weighted by Crippen LogP contribution is -2.45. The normalized spacial score (nSPS) is 13.0. The highest BCUT2D eigenvalue weighted by Gasteiger charge is 2.29. The second-order valence-electron chi connectivity index (χ2n) is 7.88. The Kier molecular flexibility index (Phi) is 10.1. The third-order valence-electron chi connectivity index (χ3n) is 5.56. The lowest BCUT2D eigenvalue weighted by molar-refractivity contribution is -0.152. The van der Waals surface area contributed by atoms with Crippen molar-refractivity contribution in [2.45, 2.75) is 6.42 Å². The van der Waals surface area contributed by atoms with Crippen LogP contribution in [0, 0.1) is 0 Å². The predicted octanol–water partition coefficient (Wildman–Crippen LogP) is 3.08. The van der Waals surface area contributed by atoms with Gasteiger partial charge < -0.3 is 24.3 Å². The van der Waals surface area contributed by atoms with Crippen LogP contribution < -0.4 is 24.3 Å². The number of carbonyl (C=O) groups excluding carboxylic acids is 3. The Hall–Kier alpha value is -3.86. The van der Waals surface area contributed by atoms with Crippen LogP contribution in [0.25, 0.3) is 6.08 Å². The van der Waals surface area contributed by atoms with Gasteiger partial charge in [0.15, 0.2) is 0 Å². The van der Waals surface area contributed by atoms with E-state index in [1.165, 1.54) is 42.1 Å². The van der Waals surface area contributed by atoms with E-state index < -0.39 is 0 Å². The first-order valence-electron chi connectivity index (χ1n) is 11.5. The molecule has 0 aromatic heterocycles. The number of benzene rings is 2. The Bertz CT molecular complexity index is 1150. The summed E-state index contributed by atoms with van der Waals surface area (Å²) < 4.78 is 21.0. The summed E-state index contributed by atoms with van der Waals surface area (Å²) in [6.07, 6.45) is 3.72. The van der Waals surface area contributed by atoms with Crippen molar-refractivity contribution in [3.63, 3.8) is 0 Å². The summed E-state index contributed by atoms with van der Waals surface area (Å²) in [5.41, 5.74) is 1.16. The number of carbonyl (C=O) groups is 3. The Morgan fingerprint density at radius 2 is 1.51 bits per heavy atom. The van der Waals surface area contributed by atoms with Crippen molar-refractivity contribution in [3.8, 4) is 23.0 Å². The summed E-state index contributed by atoms with van der Waals surface area (Å²) in [6, 6.07) is 10.4. The van der Waals surface area contributed by atoms with Gasteiger partial charge in [0.05, 0.1) is 45.6 Å². The maximum atomic E-state index is 12.9. The number of hydrogen-bond donors (Lipinski definition) is 1. The number of anilines is 1. The molecule has 11 heteroatoms. The molecule has 0 aliphatic carbocycles. The minimum absolute atomic E-state index is 0.0554. The van der Waals surface area contributed by atoms with E-state index in [9.17, 15) is 14.4 Å². The van der Waals surface area contributed by atoms with Crippen LogP contribution >= 0.6 is 11.8 Å². The molecule has 3 amide bonds. The summed E-state index contributed by atoms with van der Waals surface area (Å²) in [6.45, 7) is 0.875. The highest BCUT2D eigenvalue weighted by Crippen LogP contribution is 2.29. The minimum Gasteiger partial charge on any atom is -0.497 e. The van der Waals surface area contributed by atoms with Gasteiger partial charge in [-0.25, -0.2) is 5.01 Å². The van der Waals surface area contributed by atoms with Crippen LogP contribution in [0.2, 0.25) is 0 Å². The molecule has 1 fully saturated rings. The average Bonchev–Trinajstić information content (AvgIpc) is 3.41. The van der Waals surface area contributed by atoms with Gasteiger partial charge in [-0.3, -0.25) is 19.4 Å². The van der Waals surface area contributed by atoms with E-state index >= 15 is 0 Å². The van der Waals surface area contributed by atoms with E-state index in [0.717, 1.165) is 0 Å². The molecule has 0 unspecified atom stereocenters. The summed E-state index contributed by atoms with van der Waals surface area (Å²) in [7, 11) is 6.15. The standard InChI is InChI=1S/C26H31N3O7S/c1-33-19-7-9-22(35-3)18(14-19)6-11-25(31)28-12-5-13-29(28)26(32)17-37-16-24(30)27-21-15-20(34-2)8-10-23(21)36-4/h6-11,14-15H,5,12-13,16-17H2,1-4H3,(H,27,30)/b11-6+. The molecule has 10 nitrogen and oxygen atoms in total. The van der Waals surface area contributed by atoms with Crippen LogP contribution in [0.5, 0.6) is 23.0 Å². The highest BCUT2D eigenvalue weighted by molar-refractivity contribution is 8.00. The first-order chi connectivity index (χ1) is 17.9. The SMILES string of the molecule is COc1ccc(OC)c(/C=C/C(=O)N2CCCN2C(=O)CSCC(=O)Nc2cc(OC)ccc2OC)c1. The van der Waals surface area contributed by atoms with Crippen LogP contribution in [-0.2, 0) is 14.4 Å². The molecule has 2 aromatic carbocycles. The maximum Gasteiger partial charge on any atom is 0.265 e. The van der Waals surface area contributed by atoms with Crippen molar-refractivity contribution in [1.82, 2.24) is 10.0 Å². The molecule has 1 heterocycles. The van der Waals surface area contributed by atoms with Gasteiger partial charge in [-0.15, -0.1) is 11.8 Å². The van der Waals surface area contributed by atoms with E-state index in [1.54, 1.807) is 56.7 Å². The maximum absolute atomic E-state index is 12.9. The zero-order valence-corrected chi connectivity index (χ0v) is 22.1. The van der Waals surface area contributed by atoms with Crippen LogP contribution in [-0.4, -0.2) is 80.8 Å². The third kappa shape index (κ3) is 7.32. The van der Waals surface area contributed by atoms with Crippen LogP contribution in [0.4, 0.5) is 5.69 Å². The average molecular weight is 530 g/mol. The molecule has 0 spiro atoms.